The summed E-state index contributed by atoms with van der Waals surface area (Å²) >= 11 is 0. The number of unbranched alkanes of at least 4 members (excludes halogenated alkanes) is 2. The zero-order valence-electron chi connectivity index (χ0n) is 12.9. The van der Waals surface area contributed by atoms with Crippen molar-refractivity contribution >= 4 is 11.8 Å². The highest BCUT2D eigenvalue weighted by atomic mass is 16.5. The Kier molecular flexibility index (Phi) is 8.81. The van der Waals surface area contributed by atoms with Crippen molar-refractivity contribution in [1.29, 1.82) is 0 Å². The molecule has 8 nitrogen and oxygen atoms in total. The molecule has 2 amide bonds. The Morgan fingerprint density at radius 2 is 1.83 bits per heavy atom. The summed E-state index contributed by atoms with van der Waals surface area (Å²) in [6.07, 6.45) is 3.54. The second-order valence-electron chi connectivity index (χ2n) is 4.98. The molecule has 0 saturated carbocycles. The number of aromatic nitrogens is 1. The number of rotatable bonds is 10. The third-order valence-electron chi connectivity index (χ3n) is 3.12. The number of hydrogen-bond donors (Lipinski definition) is 4. The smallest absolute Gasteiger partial charge is 0.295 e. The molecular formula is C15H23N3O5. The average molecular weight is 325 g/mol. The molecule has 0 aliphatic heterocycles. The Hall–Kier alpha value is -2.03. The molecule has 0 spiro atoms. The van der Waals surface area contributed by atoms with Gasteiger partial charge >= 0.3 is 0 Å². The standard InChI is InChI=1S/C15H23N3O5/c19-9-3-1-6-17-14(21)12-5-7-16-13(11-12)15(22)18(23)8-2-4-10-20/h5,7,11,19-20,23H,1-4,6,8-10H2,(H,17,21). The Morgan fingerprint density at radius 1 is 1.13 bits per heavy atom. The van der Waals surface area contributed by atoms with Crippen molar-refractivity contribution in [3.63, 3.8) is 0 Å². The van der Waals surface area contributed by atoms with Gasteiger partial charge in [0.2, 0.25) is 0 Å². The Balaban J connectivity index is 2.61. The van der Waals surface area contributed by atoms with Crippen molar-refractivity contribution in [1.82, 2.24) is 15.4 Å². The van der Waals surface area contributed by atoms with Gasteiger partial charge < -0.3 is 15.5 Å². The van der Waals surface area contributed by atoms with Gasteiger partial charge in [0.1, 0.15) is 5.69 Å². The van der Waals surface area contributed by atoms with Gasteiger partial charge in [0.05, 0.1) is 0 Å². The molecule has 4 N–H and O–H groups in total. The van der Waals surface area contributed by atoms with Gasteiger partial charge in [-0.25, -0.2) is 5.06 Å². The van der Waals surface area contributed by atoms with Crippen molar-refractivity contribution in [3.8, 4) is 0 Å². The van der Waals surface area contributed by atoms with Gasteiger partial charge in [0.15, 0.2) is 0 Å². The Labute approximate surface area is 134 Å². The van der Waals surface area contributed by atoms with E-state index in [2.05, 4.69) is 10.3 Å². The normalized spacial score (nSPS) is 10.4. The second kappa shape index (κ2) is 10.7. The lowest BCUT2D eigenvalue weighted by Gasteiger charge is -2.14. The summed E-state index contributed by atoms with van der Waals surface area (Å²) < 4.78 is 0. The van der Waals surface area contributed by atoms with Gasteiger partial charge in [0.25, 0.3) is 11.8 Å². The summed E-state index contributed by atoms with van der Waals surface area (Å²) in [5, 5.41) is 30.2. The number of carbonyl (C=O) groups excluding carboxylic acids is 2. The molecule has 1 aromatic rings. The third kappa shape index (κ3) is 6.72. The summed E-state index contributed by atoms with van der Waals surface area (Å²) in [5.74, 6) is -1.04. The fourth-order valence-electron chi connectivity index (χ4n) is 1.84. The van der Waals surface area contributed by atoms with E-state index in [0.717, 1.165) is 0 Å². The zero-order valence-corrected chi connectivity index (χ0v) is 12.9. The monoisotopic (exact) mass is 325 g/mol. The third-order valence-corrected chi connectivity index (χ3v) is 3.12. The van der Waals surface area contributed by atoms with Gasteiger partial charge in [-0.3, -0.25) is 19.8 Å². The molecule has 8 heteroatoms. The van der Waals surface area contributed by atoms with Gasteiger partial charge in [-0.1, -0.05) is 0 Å². The largest absolute Gasteiger partial charge is 0.396 e. The number of amides is 2. The van der Waals surface area contributed by atoms with E-state index in [1.54, 1.807) is 0 Å². The molecule has 0 aliphatic carbocycles. The van der Waals surface area contributed by atoms with Gasteiger partial charge in [-0.2, -0.15) is 0 Å². The van der Waals surface area contributed by atoms with Crippen LogP contribution in [0.4, 0.5) is 0 Å². The molecule has 0 saturated heterocycles. The van der Waals surface area contributed by atoms with Gasteiger partial charge in [-0.15, -0.1) is 0 Å². The van der Waals surface area contributed by atoms with Crippen LogP contribution in [-0.4, -0.2) is 63.6 Å². The molecule has 128 valence electrons. The van der Waals surface area contributed by atoms with E-state index in [1.165, 1.54) is 18.3 Å². The van der Waals surface area contributed by atoms with Crippen LogP contribution < -0.4 is 5.32 Å². The van der Waals surface area contributed by atoms with Gasteiger partial charge in [-0.05, 0) is 37.8 Å². The molecule has 0 radical (unpaired) electrons. The maximum atomic E-state index is 12.0. The van der Waals surface area contributed by atoms with Crippen molar-refractivity contribution in [2.24, 2.45) is 0 Å². The van der Waals surface area contributed by atoms with E-state index >= 15 is 0 Å². The van der Waals surface area contributed by atoms with Crippen molar-refractivity contribution in [2.75, 3.05) is 26.3 Å². The zero-order chi connectivity index (χ0) is 17.1. The van der Waals surface area contributed by atoms with E-state index in [-0.39, 0.29) is 36.9 Å². The minimum Gasteiger partial charge on any atom is -0.396 e. The minimum atomic E-state index is -0.696. The minimum absolute atomic E-state index is 0.00772. The number of carbonyl (C=O) groups is 2. The van der Waals surface area contributed by atoms with Crippen LogP contribution in [0.3, 0.4) is 0 Å². The number of pyridine rings is 1. The number of hydrogen-bond acceptors (Lipinski definition) is 6. The number of nitrogens with one attached hydrogen (secondary N) is 1. The maximum Gasteiger partial charge on any atom is 0.295 e. The van der Waals surface area contributed by atoms with Gasteiger partial charge in [0, 0.05) is 38.1 Å². The van der Waals surface area contributed by atoms with Crippen LogP contribution in [-0.2, 0) is 0 Å². The van der Waals surface area contributed by atoms with Crippen molar-refractivity contribution < 1.29 is 25.0 Å². The van der Waals surface area contributed by atoms with Crippen molar-refractivity contribution in [2.45, 2.75) is 25.7 Å². The molecule has 0 aliphatic rings. The summed E-state index contributed by atoms with van der Waals surface area (Å²) in [6, 6.07) is 2.80. The van der Waals surface area contributed by atoms with Crippen LogP contribution in [0.1, 0.15) is 46.5 Å². The summed E-state index contributed by atoms with van der Waals surface area (Å²) in [4.78, 5) is 27.8. The molecule has 0 aromatic carbocycles. The first kappa shape index (κ1) is 19.0. The molecule has 1 rings (SSSR count). The van der Waals surface area contributed by atoms with E-state index in [0.29, 0.717) is 37.3 Å². The van der Waals surface area contributed by atoms with Crippen LogP contribution in [0.25, 0.3) is 0 Å². The predicted molar refractivity (Wildman–Crippen MR) is 82.0 cm³/mol. The van der Waals surface area contributed by atoms with Crippen LogP contribution in [0.5, 0.6) is 0 Å². The highest BCUT2D eigenvalue weighted by Gasteiger charge is 2.16. The summed E-state index contributed by atoms with van der Waals surface area (Å²) in [6.45, 7) is 0.579. The number of hydroxylamine groups is 2. The topological polar surface area (TPSA) is 123 Å². The molecule has 0 unspecified atom stereocenters. The van der Waals surface area contributed by atoms with Crippen LogP contribution in [0.2, 0.25) is 0 Å². The lowest BCUT2D eigenvalue weighted by atomic mass is 10.2. The summed E-state index contributed by atoms with van der Waals surface area (Å²) in [5.41, 5.74) is 0.246. The predicted octanol–water partition coefficient (Wildman–Crippen LogP) is 0.188. The molecule has 0 fully saturated rings. The molecule has 23 heavy (non-hydrogen) atoms. The number of nitrogens with zero attached hydrogens (tertiary/aromatic N) is 2. The average Bonchev–Trinajstić information content (AvgIpc) is 2.58. The Morgan fingerprint density at radius 3 is 2.52 bits per heavy atom. The molecule has 0 atom stereocenters. The quantitative estimate of drug-likeness (QED) is 0.277. The van der Waals surface area contributed by atoms with E-state index < -0.39 is 5.91 Å². The fraction of sp³-hybridized carbons (Fsp3) is 0.533. The first-order chi connectivity index (χ1) is 11.1. The maximum absolute atomic E-state index is 12.0. The first-order valence-corrected chi connectivity index (χ1v) is 7.57. The fourth-order valence-corrected chi connectivity index (χ4v) is 1.84. The summed E-state index contributed by atoms with van der Waals surface area (Å²) in [7, 11) is 0. The second-order valence-corrected chi connectivity index (χ2v) is 4.98. The number of aliphatic hydroxyl groups is 2. The molecule has 1 heterocycles. The van der Waals surface area contributed by atoms with Crippen LogP contribution >= 0.6 is 0 Å². The lowest BCUT2D eigenvalue weighted by Crippen LogP contribution is -2.30. The Bertz CT molecular complexity index is 510. The lowest BCUT2D eigenvalue weighted by molar-refractivity contribution is -0.0596. The molecular weight excluding hydrogens is 302 g/mol. The number of aliphatic hydroxyl groups excluding tert-OH is 2. The SMILES string of the molecule is O=C(NCCCCO)c1ccnc(C(=O)N(O)CCCCO)c1. The highest BCUT2D eigenvalue weighted by Crippen LogP contribution is 2.06. The molecule has 1 aromatic heterocycles. The van der Waals surface area contributed by atoms with E-state index in [1.807, 2.05) is 0 Å². The first-order valence-electron chi connectivity index (χ1n) is 7.57. The van der Waals surface area contributed by atoms with Crippen molar-refractivity contribution in [3.05, 3.63) is 29.6 Å². The molecule has 0 bridgehead atoms. The van der Waals surface area contributed by atoms with Crippen LogP contribution in [0.15, 0.2) is 18.3 Å². The van der Waals surface area contributed by atoms with E-state index in [9.17, 15) is 14.8 Å². The van der Waals surface area contributed by atoms with E-state index in [4.69, 9.17) is 10.2 Å². The van der Waals surface area contributed by atoms with Crippen LogP contribution in [0, 0.1) is 0 Å². The highest BCUT2D eigenvalue weighted by molar-refractivity contribution is 5.98.